The molecule has 2 aromatic carbocycles. The van der Waals surface area contributed by atoms with E-state index in [1.54, 1.807) is 0 Å². The largest absolute Gasteiger partial charge is 0.309 e. The first-order valence-electron chi connectivity index (χ1n) is 9.38. The van der Waals surface area contributed by atoms with E-state index in [-0.39, 0.29) is 6.04 Å². The maximum Gasteiger partial charge on any atom is 0.0760 e. The van der Waals surface area contributed by atoms with Gasteiger partial charge in [-0.15, -0.1) is 0 Å². The van der Waals surface area contributed by atoms with Crippen molar-refractivity contribution in [2.75, 3.05) is 26.2 Å². The highest BCUT2D eigenvalue weighted by Crippen LogP contribution is 2.28. The number of benzene rings is 2. The van der Waals surface area contributed by atoms with Crippen LogP contribution >= 0.6 is 0 Å². The lowest BCUT2D eigenvalue weighted by atomic mass is 9.99. The standard InChI is InChI=1S/C22H29N3/c1-5-25(6-2)14-13-23-17(4)19-12-11-16(3)20-15-18-9-7-8-10-21(18)24-22(19)20/h7-12,15,17,23H,5-6,13-14H2,1-4H3. The first-order chi connectivity index (χ1) is 12.1. The fraction of sp³-hybridized carbons (Fsp3) is 0.409. The lowest BCUT2D eigenvalue weighted by Crippen LogP contribution is -2.33. The molecular formula is C22H29N3. The second kappa shape index (κ2) is 7.94. The minimum absolute atomic E-state index is 0.285. The molecule has 0 bridgehead atoms. The number of hydrogen-bond acceptors (Lipinski definition) is 3. The molecule has 25 heavy (non-hydrogen) atoms. The normalized spacial score (nSPS) is 13.0. The Morgan fingerprint density at radius 1 is 1.08 bits per heavy atom. The summed E-state index contributed by atoms with van der Waals surface area (Å²) in [7, 11) is 0. The molecule has 0 aliphatic carbocycles. The maximum absolute atomic E-state index is 4.98. The van der Waals surface area contributed by atoms with Gasteiger partial charge in [-0.1, -0.05) is 44.2 Å². The Hall–Kier alpha value is -1.97. The van der Waals surface area contributed by atoms with Gasteiger partial charge in [-0.3, -0.25) is 0 Å². The van der Waals surface area contributed by atoms with Crippen LogP contribution in [0.3, 0.4) is 0 Å². The number of aryl methyl sites for hydroxylation is 1. The van der Waals surface area contributed by atoms with Gasteiger partial charge in [0.05, 0.1) is 11.0 Å². The van der Waals surface area contributed by atoms with E-state index >= 15 is 0 Å². The summed E-state index contributed by atoms with van der Waals surface area (Å²) in [6.45, 7) is 13.1. The zero-order chi connectivity index (χ0) is 17.8. The van der Waals surface area contributed by atoms with Crippen LogP contribution in [0.1, 0.15) is 37.9 Å². The Kier molecular flexibility index (Phi) is 5.67. The molecule has 0 saturated heterocycles. The van der Waals surface area contributed by atoms with Crippen LogP contribution < -0.4 is 5.32 Å². The highest BCUT2D eigenvalue weighted by molar-refractivity contribution is 5.95. The second-order valence-corrected chi connectivity index (χ2v) is 6.75. The van der Waals surface area contributed by atoms with Gasteiger partial charge in [0.2, 0.25) is 0 Å². The van der Waals surface area contributed by atoms with Gasteiger partial charge in [-0.2, -0.15) is 0 Å². The third-order valence-electron chi connectivity index (χ3n) is 5.17. The molecule has 132 valence electrons. The number of rotatable bonds is 7. The molecule has 3 heteroatoms. The summed E-state index contributed by atoms with van der Waals surface area (Å²) in [6.07, 6.45) is 0. The minimum Gasteiger partial charge on any atom is -0.309 e. The molecule has 3 aromatic rings. The molecule has 1 aromatic heterocycles. The van der Waals surface area contributed by atoms with E-state index in [2.05, 4.69) is 80.4 Å². The molecule has 0 spiro atoms. The van der Waals surface area contributed by atoms with Crippen LogP contribution in [0.5, 0.6) is 0 Å². The highest BCUT2D eigenvalue weighted by Gasteiger charge is 2.13. The van der Waals surface area contributed by atoms with Crippen LogP contribution in [0.2, 0.25) is 0 Å². The van der Waals surface area contributed by atoms with Crippen LogP contribution in [0.15, 0.2) is 42.5 Å². The third-order valence-corrected chi connectivity index (χ3v) is 5.17. The predicted molar refractivity (Wildman–Crippen MR) is 108 cm³/mol. The highest BCUT2D eigenvalue weighted by atomic mass is 15.1. The number of para-hydroxylation sites is 1. The number of fused-ring (bicyclic) bond motifs is 2. The molecule has 1 heterocycles. The zero-order valence-corrected chi connectivity index (χ0v) is 15.8. The van der Waals surface area contributed by atoms with E-state index < -0.39 is 0 Å². The van der Waals surface area contributed by atoms with Crippen LogP contribution in [0, 0.1) is 6.92 Å². The zero-order valence-electron chi connectivity index (χ0n) is 15.8. The monoisotopic (exact) mass is 335 g/mol. The van der Waals surface area contributed by atoms with E-state index in [9.17, 15) is 0 Å². The van der Waals surface area contributed by atoms with E-state index in [4.69, 9.17) is 4.98 Å². The van der Waals surface area contributed by atoms with Crippen molar-refractivity contribution >= 4 is 21.8 Å². The van der Waals surface area contributed by atoms with Gasteiger partial charge in [0, 0.05) is 29.9 Å². The number of likely N-dealkylation sites (N-methyl/N-ethyl adjacent to an activating group) is 1. The Labute approximate surface area is 151 Å². The van der Waals surface area contributed by atoms with E-state index in [0.717, 1.165) is 37.2 Å². The fourth-order valence-corrected chi connectivity index (χ4v) is 3.46. The lowest BCUT2D eigenvalue weighted by Gasteiger charge is -2.21. The second-order valence-electron chi connectivity index (χ2n) is 6.75. The molecule has 0 saturated carbocycles. The summed E-state index contributed by atoms with van der Waals surface area (Å²) >= 11 is 0. The van der Waals surface area contributed by atoms with Crippen molar-refractivity contribution in [3.63, 3.8) is 0 Å². The molecule has 0 fully saturated rings. The van der Waals surface area contributed by atoms with E-state index in [1.807, 2.05) is 0 Å². The Balaban J connectivity index is 1.90. The summed E-state index contributed by atoms with van der Waals surface area (Å²) in [5.74, 6) is 0. The SMILES string of the molecule is CCN(CC)CCNC(C)c1ccc(C)c2cc3ccccc3nc12. The first kappa shape index (κ1) is 17.8. The average molecular weight is 335 g/mol. The van der Waals surface area contributed by atoms with Crippen molar-refractivity contribution < 1.29 is 0 Å². The number of nitrogens with zero attached hydrogens (tertiary/aromatic N) is 2. The predicted octanol–water partition coefficient (Wildman–Crippen LogP) is 4.69. The van der Waals surface area contributed by atoms with E-state index in [1.165, 1.54) is 21.9 Å². The Morgan fingerprint density at radius 2 is 1.84 bits per heavy atom. The number of pyridine rings is 1. The molecule has 0 amide bonds. The molecule has 3 rings (SSSR count). The van der Waals surface area contributed by atoms with Gasteiger partial charge in [-0.05, 0) is 50.2 Å². The van der Waals surface area contributed by atoms with Gasteiger partial charge in [-0.25, -0.2) is 4.98 Å². The van der Waals surface area contributed by atoms with Crippen molar-refractivity contribution in [2.24, 2.45) is 0 Å². The van der Waals surface area contributed by atoms with Crippen LogP contribution in [-0.4, -0.2) is 36.1 Å². The van der Waals surface area contributed by atoms with Gasteiger partial charge >= 0.3 is 0 Å². The van der Waals surface area contributed by atoms with Crippen LogP contribution in [0.25, 0.3) is 21.8 Å². The lowest BCUT2D eigenvalue weighted by molar-refractivity contribution is 0.298. The molecular weight excluding hydrogens is 306 g/mol. The van der Waals surface area contributed by atoms with Crippen molar-refractivity contribution in [1.29, 1.82) is 0 Å². The summed E-state index contributed by atoms with van der Waals surface area (Å²) in [6, 6.07) is 15.4. The quantitative estimate of drug-likeness (QED) is 0.635. The molecule has 0 radical (unpaired) electrons. The average Bonchev–Trinajstić information content (AvgIpc) is 2.64. The number of aromatic nitrogens is 1. The van der Waals surface area contributed by atoms with Crippen LogP contribution in [-0.2, 0) is 0 Å². The minimum atomic E-state index is 0.285. The molecule has 1 atom stereocenters. The molecule has 1 unspecified atom stereocenters. The first-order valence-corrected chi connectivity index (χ1v) is 9.38. The summed E-state index contributed by atoms with van der Waals surface area (Å²) in [4.78, 5) is 7.43. The molecule has 1 N–H and O–H groups in total. The van der Waals surface area contributed by atoms with Crippen molar-refractivity contribution in [2.45, 2.75) is 33.7 Å². The molecule has 0 aliphatic heterocycles. The van der Waals surface area contributed by atoms with Crippen LogP contribution in [0.4, 0.5) is 0 Å². The smallest absolute Gasteiger partial charge is 0.0760 e. The maximum atomic E-state index is 4.98. The summed E-state index contributed by atoms with van der Waals surface area (Å²) in [5.41, 5.74) is 4.76. The number of nitrogens with one attached hydrogen (secondary N) is 1. The van der Waals surface area contributed by atoms with Crippen molar-refractivity contribution in [1.82, 2.24) is 15.2 Å². The van der Waals surface area contributed by atoms with Gasteiger partial charge in [0.25, 0.3) is 0 Å². The number of hydrogen-bond donors (Lipinski definition) is 1. The Bertz CT molecular complexity index is 852. The third kappa shape index (κ3) is 3.83. The van der Waals surface area contributed by atoms with E-state index in [0.29, 0.717) is 0 Å². The van der Waals surface area contributed by atoms with Crippen molar-refractivity contribution in [3.05, 3.63) is 53.6 Å². The summed E-state index contributed by atoms with van der Waals surface area (Å²) in [5, 5.41) is 6.14. The van der Waals surface area contributed by atoms with Gasteiger partial charge < -0.3 is 10.2 Å². The van der Waals surface area contributed by atoms with Gasteiger partial charge in [0.15, 0.2) is 0 Å². The van der Waals surface area contributed by atoms with Crippen molar-refractivity contribution in [3.8, 4) is 0 Å². The Morgan fingerprint density at radius 3 is 2.60 bits per heavy atom. The van der Waals surface area contributed by atoms with Gasteiger partial charge in [0.1, 0.15) is 0 Å². The fourth-order valence-electron chi connectivity index (χ4n) is 3.46. The summed E-state index contributed by atoms with van der Waals surface area (Å²) < 4.78 is 0. The molecule has 3 nitrogen and oxygen atoms in total. The topological polar surface area (TPSA) is 28.2 Å². The molecule has 0 aliphatic rings.